The van der Waals surface area contributed by atoms with Crippen LogP contribution in [-0.2, 0) is 14.8 Å². The number of carbonyl (C=O) groups excluding carboxylic acids is 1. The summed E-state index contributed by atoms with van der Waals surface area (Å²) >= 11 is 0. The Kier molecular flexibility index (Phi) is 8.56. The molecule has 7 heteroatoms. The van der Waals surface area contributed by atoms with Gasteiger partial charge < -0.3 is 10.2 Å². The smallest absolute Gasteiger partial charge is 0.243 e. The molecule has 1 fully saturated rings. The number of piperidine rings is 1. The van der Waals surface area contributed by atoms with Crippen LogP contribution in [0.4, 0.5) is 5.69 Å². The fraction of sp³-hybridized carbons (Fsp3) is 0.345. The van der Waals surface area contributed by atoms with E-state index in [1.807, 2.05) is 67.6 Å². The highest BCUT2D eigenvalue weighted by Gasteiger charge is 2.32. The molecule has 0 spiro atoms. The fourth-order valence-corrected chi connectivity index (χ4v) is 6.63. The lowest BCUT2D eigenvalue weighted by atomic mass is 9.90. The first-order valence-corrected chi connectivity index (χ1v) is 14.1. The van der Waals surface area contributed by atoms with Gasteiger partial charge in [-0.25, -0.2) is 8.42 Å². The van der Waals surface area contributed by atoms with Crippen LogP contribution in [-0.4, -0.2) is 56.3 Å². The van der Waals surface area contributed by atoms with Crippen LogP contribution in [0.2, 0.25) is 0 Å². The predicted molar refractivity (Wildman–Crippen MR) is 145 cm³/mol. The predicted octanol–water partition coefficient (Wildman–Crippen LogP) is 4.95. The molecule has 4 rings (SSSR count). The second-order valence-corrected chi connectivity index (χ2v) is 11.3. The summed E-state index contributed by atoms with van der Waals surface area (Å²) in [5.74, 6) is -0.637. The SMILES string of the molecule is CCCN(C1CCN(C)CC1)S(=O)(=O)c1ccc(NC(=O)C(c2ccccc2)c2ccccc2)cc1. The molecule has 3 aromatic carbocycles. The lowest BCUT2D eigenvalue weighted by Crippen LogP contribution is -2.46. The van der Waals surface area contributed by atoms with Gasteiger partial charge in [-0.15, -0.1) is 0 Å². The summed E-state index contributed by atoms with van der Waals surface area (Å²) in [6.07, 6.45) is 2.44. The number of anilines is 1. The van der Waals surface area contributed by atoms with Gasteiger partial charge in [0.15, 0.2) is 0 Å². The minimum atomic E-state index is -3.63. The monoisotopic (exact) mass is 505 g/mol. The van der Waals surface area contributed by atoms with E-state index in [2.05, 4.69) is 17.3 Å². The molecule has 1 heterocycles. The molecular weight excluding hydrogens is 470 g/mol. The first-order chi connectivity index (χ1) is 17.4. The van der Waals surface area contributed by atoms with E-state index in [0.29, 0.717) is 12.2 Å². The van der Waals surface area contributed by atoms with Gasteiger partial charge in [-0.05, 0) is 74.8 Å². The number of nitrogens with one attached hydrogen (secondary N) is 1. The number of hydrogen-bond donors (Lipinski definition) is 1. The van der Waals surface area contributed by atoms with Crippen LogP contribution < -0.4 is 5.32 Å². The van der Waals surface area contributed by atoms with E-state index in [1.54, 1.807) is 28.6 Å². The van der Waals surface area contributed by atoms with Crippen LogP contribution in [0.15, 0.2) is 89.8 Å². The summed E-state index contributed by atoms with van der Waals surface area (Å²) in [5, 5.41) is 2.99. The van der Waals surface area contributed by atoms with Crippen LogP contribution in [0.25, 0.3) is 0 Å². The molecule has 6 nitrogen and oxygen atoms in total. The largest absolute Gasteiger partial charge is 0.325 e. The highest BCUT2D eigenvalue weighted by atomic mass is 32.2. The third-order valence-corrected chi connectivity index (χ3v) is 8.76. The van der Waals surface area contributed by atoms with Crippen LogP contribution >= 0.6 is 0 Å². The first kappa shape index (κ1) is 26.1. The van der Waals surface area contributed by atoms with Crippen molar-refractivity contribution in [2.75, 3.05) is 32.0 Å². The van der Waals surface area contributed by atoms with Crippen molar-refractivity contribution in [1.29, 1.82) is 0 Å². The Labute approximate surface area is 215 Å². The van der Waals surface area contributed by atoms with Crippen molar-refractivity contribution in [2.24, 2.45) is 0 Å². The number of sulfonamides is 1. The average molecular weight is 506 g/mol. The number of amides is 1. The maximum Gasteiger partial charge on any atom is 0.243 e. The van der Waals surface area contributed by atoms with Crippen LogP contribution in [0.5, 0.6) is 0 Å². The minimum Gasteiger partial charge on any atom is -0.325 e. The van der Waals surface area contributed by atoms with Gasteiger partial charge in [0.1, 0.15) is 0 Å². The molecule has 0 unspecified atom stereocenters. The fourth-order valence-electron chi connectivity index (χ4n) is 4.85. The molecule has 0 saturated carbocycles. The van der Waals surface area contributed by atoms with Crippen molar-refractivity contribution >= 4 is 21.6 Å². The van der Waals surface area contributed by atoms with Crippen LogP contribution in [0.3, 0.4) is 0 Å². The molecule has 1 amide bonds. The van der Waals surface area contributed by atoms with Crippen molar-refractivity contribution in [3.05, 3.63) is 96.1 Å². The topological polar surface area (TPSA) is 69.7 Å². The molecule has 1 aliphatic heterocycles. The van der Waals surface area contributed by atoms with Crippen LogP contribution in [0, 0.1) is 0 Å². The van der Waals surface area contributed by atoms with Gasteiger partial charge >= 0.3 is 0 Å². The summed E-state index contributed by atoms with van der Waals surface area (Å²) < 4.78 is 28.8. The molecule has 0 radical (unpaired) electrons. The number of benzene rings is 3. The second-order valence-electron chi connectivity index (χ2n) is 9.42. The van der Waals surface area contributed by atoms with Gasteiger partial charge in [-0.1, -0.05) is 67.6 Å². The van der Waals surface area contributed by atoms with Gasteiger partial charge in [-0.3, -0.25) is 4.79 Å². The van der Waals surface area contributed by atoms with Crippen molar-refractivity contribution in [3.63, 3.8) is 0 Å². The van der Waals surface area contributed by atoms with Crippen molar-refractivity contribution < 1.29 is 13.2 Å². The zero-order valence-electron chi connectivity index (χ0n) is 21.0. The maximum atomic E-state index is 13.5. The summed E-state index contributed by atoms with van der Waals surface area (Å²) in [5.41, 5.74) is 2.36. The van der Waals surface area contributed by atoms with E-state index >= 15 is 0 Å². The van der Waals surface area contributed by atoms with E-state index in [0.717, 1.165) is 43.5 Å². The summed E-state index contributed by atoms with van der Waals surface area (Å²) in [7, 11) is -1.55. The molecule has 0 bridgehead atoms. The first-order valence-electron chi connectivity index (χ1n) is 12.6. The molecule has 1 N–H and O–H groups in total. The molecule has 0 aromatic heterocycles. The van der Waals surface area contributed by atoms with Gasteiger partial charge in [-0.2, -0.15) is 4.31 Å². The highest BCUT2D eigenvalue weighted by Crippen LogP contribution is 2.28. The number of likely N-dealkylation sites (tertiary alicyclic amines) is 1. The molecule has 0 aliphatic carbocycles. The Hall–Kier alpha value is -3.00. The number of carbonyl (C=O) groups is 1. The lowest BCUT2D eigenvalue weighted by molar-refractivity contribution is -0.116. The Morgan fingerprint density at radius 3 is 1.94 bits per heavy atom. The molecule has 190 valence electrons. The molecule has 0 atom stereocenters. The van der Waals surface area contributed by atoms with E-state index < -0.39 is 15.9 Å². The minimum absolute atomic E-state index is 0.0167. The van der Waals surface area contributed by atoms with Gasteiger partial charge in [0.2, 0.25) is 15.9 Å². The van der Waals surface area contributed by atoms with Crippen LogP contribution in [0.1, 0.15) is 43.2 Å². The molecule has 36 heavy (non-hydrogen) atoms. The van der Waals surface area contributed by atoms with E-state index in [9.17, 15) is 13.2 Å². The third-order valence-electron chi connectivity index (χ3n) is 6.80. The number of nitrogens with zero attached hydrogens (tertiary/aromatic N) is 2. The Morgan fingerprint density at radius 1 is 0.917 bits per heavy atom. The maximum absolute atomic E-state index is 13.5. The Balaban J connectivity index is 1.53. The number of hydrogen-bond acceptors (Lipinski definition) is 4. The van der Waals surface area contributed by atoms with E-state index in [4.69, 9.17) is 0 Å². The molecular formula is C29H35N3O3S. The summed E-state index contributed by atoms with van der Waals surface area (Å²) in [4.78, 5) is 15.9. The molecule has 3 aromatic rings. The van der Waals surface area contributed by atoms with Gasteiger partial charge in [0, 0.05) is 18.3 Å². The number of rotatable bonds is 9. The molecule has 1 saturated heterocycles. The quantitative estimate of drug-likeness (QED) is 0.447. The third kappa shape index (κ3) is 6.03. The lowest BCUT2D eigenvalue weighted by Gasteiger charge is -2.36. The summed E-state index contributed by atoms with van der Waals surface area (Å²) in [6, 6.07) is 25.9. The zero-order chi connectivity index (χ0) is 25.5. The zero-order valence-corrected chi connectivity index (χ0v) is 21.8. The summed E-state index contributed by atoms with van der Waals surface area (Å²) in [6.45, 7) is 4.31. The average Bonchev–Trinajstić information content (AvgIpc) is 2.89. The Morgan fingerprint density at radius 2 is 1.44 bits per heavy atom. The highest BCUT2D eigenvalue weighted by molar-refractivity contribution is 7.89. The second kappa shape index (κ2) is 11.8. The normalized spacial score (nSPS) is 15.3. The standard InChI is InChI=1S/C29H35N3O3S/c1-3-20-32(26-18-21-31(2)22-19-26)36(34,35)27-16-14-25(15-17-27)30-29(33)28(23-10-6-4-7-11-23)24-12-8-5-9-13-24/h4-17,26,28H,3,18-22H2,1-2H3,(H,30,33). The van der Waals surface area contributed by atoms with Crippen molar-refractivity contribution in [2.45, 2.75) is 43.0 Å². The van der Waals surface area contributed by atoms with E-state index in [1.165, 1.54) is 0 Å². The van der Waals surface area contributed by atoms with Gasteiger partial charge in [0.05, 0.1) is 10.8 Å². The van der Waals surface area contributed by atoms with Crippen molar-refractivity contribution in [1.82, 2.24) is 9.21 Å². The molecule has 1 aliphatic rings. The van der Waals surface area contributed by atoms with Crippen molar-refractivity contribution in [3.8, 4) is 0 Å². The van der Waals surface area contributed by atoms with Gasteiger partial charge in [0.25, 0.3) is 0 Å². The van der Waals surface area contributed by atoms with E-state index in [-0.39, 0.29) is 16.8 Å². The Bertz CT molecular complexity index is 1180.